The van der Waals surface area contributed by atoms with Gasteiger partial charge in [0.05, 0.1) is 16.3 Å². The fourth-order valence-corrected chi connectivity index (χ4v) is 3.82. The third-order valence-electron chi connectivity index (χ3n) is 4.40. The van der Waals surface area contributed by atoms with Crippen molar-refractivity contribution in [2.75, 3.05) is 16.4 Å². The molecule has 150 valence electrons. The minimum atomic E-state index is -0.560. The molecule has 0 bridgehead atoms. The number of thiazole rings is 1. The Labute approximate surface area is 176 Å². The van der Waals surface area contributed by atoms with Crippen LogP contribution in [0.4, 0.5) is 25.7 Å². The highest BCUT2D eigenvalue weighted by atomic mass is 32.1. The van der Waals surface area contributed by atoms with Gasteiger partial charge in [0.2, 0.25) is 0 Å². The van der Waals surface area contributed by atoms with Crippen molar-refractivity contribution in [3.63, 3.8) is 0 Å². The Balaban J connectivity index is 1.63. The molecule has 0 saturated carbocycles. The summed E-state index contributed by atoms with van der Waals surface area (Å²) in [6, 6.07) is 15.2. The maximum atomic E-state index is 15.3. The SMILES string of the molecule is Cc1ccc(NC(=O)Nc2cccc(-c3sc(N)nc3-c3ccncc3)c2F)cc1. The van der Waals surface area contributed by atoms with E-state index >= 15 is 4.39 Å². The van der Waals surface area contributed by atoms with Crippen molar-refractivity contribution in [1.82, 2.24) is 9.97 Å². The number of aryl methyl sites for hydroxylation is 1. The van der Waals surface area contributed by atoms with Crippen LogP contribution in [0.1, 0.15) is 5.56 Å². The van der Waals surface area contributed by atoms with Gasteiger partial charge in [-0.15, -0.1) is 0 Å². The van der Waals surface area contributed by atoms with E-state index in [9.17, 15) is 4.79 Å². The molecule has 0 saturated heterocycles. The molecule has 0 aliphatic carbocycles. The summed E-state index contributed by atoms with van der Waals surface area (Å²) in [5.74, 6) is -0.560. The standard InChI is InChI=1S/C22H18FN5OS/c1-13-5-7-15(8-6-13)26-22(29)27-17-4-2-3-16(18(17)23)20-19(28-21(24)30-20)14-9-11-25-12-10-14/h2-12H,1H3,(H2,24,28)(H2,26,27,29). The summed E-state index contributed by atoms with van der Waals surface area (Å²) in [6.07, 6.45) is 3.27. The molecule has 4 aromatic rings. The Morgan fingerprint density at radius 2 is 1.77 bits per heavy atom. The summed E-state index contributed by atoms with van der Waals surface area (Å²) in [5.41, 5.74) is 9.32. The topological polar surface area (TPSA) is 92.9 Å². The molecule has 0 unspecified atom stereocenters. The van der Waals surface area contributed by atoms with E-state index in [0.717, 1.165) is 11.1 Å². The fraction of sp³-hybridized carbons (Fsp3) is 0.0455. The average molecular weight is 419 g/mol. The lowest BCUT2D eigenvalue weighted by Gasteiger charge is -2.11. The first kappa shape index (κ1) is 19.5. The van der Waals surface area contributed by atoms with Gasteiger partial charge < -0.3 is 16.4 Å². The number of aromatic nitrogens is 2. The van der Waals surface area contributed by atoms with Crippen LogP contribution in [0.25, 0.3) is 21.7 Å². The van der Waals surface area contributed by atoms with Crippen LogP contribution in [0.15, 0.2) is 67.0 Å². The summed E-state index contributed by atoms with van der Waals surface area (Å²) >= 11 is 1.19. The summed E-state index contributed by atoms with van der Waals surface area (Å²) in [4.78, 5) is 21.3. The molecule has 2 heterocycles. The Morgan fingerprint density at radius 3 is 2.50 bits per heavy atom. The third kappa shape index (κ3) is 4.13. The minimum absolute atomic E-state index is 0.0600. The number of anilines is 3. The van der Waals surface area contributed by atoms with E-state index in [1.54, 1.807) is 48.8 Å². The van der Waals surface area contributed by atoms with Crippen LogP contribution in [0.2, 0.25) is 0 Å². The second-order valence-corrected chi connectivity index (χ2v) is 7.61. The van der Waals surface area contributed by atoms with Crippen molar-refractivity contribution in [2.45, 2.75) is 6.92 Å². The van der Waals surface area contributed by atoms with Gasteiger partial charge in [0.1, 0.15) is 0 Å². The number of amides is 2. The number of nitrogens with one attached hydrogen (secondary N) is 2. The van der Waals surface area contributed by atoms with Crippen LogP contribution in [-0.4, -0.2) is 16.0 Å². The number of nitrogens with zero attached hydrogens (tertiary/aromatic N) is 2. The number of benzene rings is 2. The molecule has 8 heteroatoms. The van der Waals surface area contributed by atoms with E-state index in [-0.39, 0.29) is 5.69 Å². The number of carbonyl (C=O) groups excluding carboxylic acids is 1. The number of pyridine rings is 1. The van der Waals surface area contributed by atoms with Gasteiger partial charge in [0, 0.05) is 29.2 Å². The first-order valence-electron chi connectivity index (χ1n) is 9.11. The molecule has 4 rings (SSSR count). The van der Waals surface area contributed by atoms with E-state index < -0.39 is 11.8 Å². The van der Waals surface area contributed by atoms with Crippen molar-refractivity contribution in [2.24, 2.45) is 0 Å². The van der Waals surface area contributed by atoms with Crippen molar-refractivity contribution in [3.05, 3.63) is 78.4 Å². The summed E-state index contributed by atoms with van der Waals surface area (Å²) < 4.78 is 15.3. The first-order chi connectivity index (χ1) is 14.5. The summed E-state index contributed by atoms with van der Waals surface area (Å²) in [5, 5.41) is 5.59. The molecule has 2 amide bonds. The smallest absolute Gasteiger partial charge is 0.323 e. The molecule has 0 fully saturated rings. The second-order valence-electron chi connectivity index (χ2n) is 6.58. The predicted octanol–water partition coefficient (Wildman–Crippen LogP) is 5.55. The zero-order valence-electron chi connectivity index (χ0n) is 16.0. The second kappa shape index (κ2) is 8.30. The lowest BCUT2D eigenvalue weighted by atomic mass is 10.1. The lowest BCUT2D eigenvalue weighted by Crippen LogP contribution is -2.20. The molecule has 2 aromatic carbocycles. The van der Waals surface area contributed by atoms with E-state index in [4.69, 9.17) is 5.73 Å². The normalized spacial score (nSPS) is 10.6. The molecular formula is C22H18FN5OS. The number of hydrogen-bond donors (Lipinski definition) is 3. The summed E-state index contributed by atoms with van der Waals surface area (Å²) in [6.45, 7) is 1.96. The monoisotopic (exact) mass is 419 g/mol. The number of halogens is 1. The highest BCUT2D eigenvalue weighted by Gasteiger charge is 2.19. The Kier molecular flexibility index (Phi) is 5.40. The number of rotatable bonds is 4. The molecule has 0 atom stereocenters. The fourth-order valence-electron chi connectivity index (χ4n) is 2.95. The first-order valence-corrected chi connectivity index (χ1v) is 9.93. The minimum Gasteiger partial charge on any atom is -0.375 e. The number of nitrogens with two attached hydrogens (primary N) is 1. The van der Waals surface area contributed by atoms with Crippen LogP contribution in [0, 0.1) is 12.7 Å². The average Bonchev–Trinajstić information content (AvgIpc) is 3.13. The Morgan fingerprint density at radius 1 is 1.03 bits per heavy atom. The molecule has 30 heavy (non-hydrogen) atoms. The number of hydrogen-bond acceptors (Lipinski definition) is 5. The van der Waals surface area contributed by atoms with Gasteiger partial charge in [-0.25, -0.2) is 14.2 Å². The Bertz CT molecular complexity index is 1190. The predicted molar refractivity (Wildman–Crippen MR) is 119 cm³/mol. The zero-order valence-corrected chi connectivity index (χ0v) is 16.8. The van der Waals surface area contributed by atoms with Crippen LogP contribution < -0.4 is 16.4 Å². The number of nitrogen functional groups attached to an aromatic ring is 1. The largest absolute Gasteiger partial charge is 0.375 e. The van der Waals surface area contributed by atoms with E-state index in [2.05, 4.69) is 20.6 Å². The van der Waals surface area contributed by atoms with Crippen molar-refractivity contribution in [3.8, 4) is 21.7 Å². The quantitative estimate of drug-likeness (QED) is 0.404. The zero-order chi connectivity index (χ0) is 21.1. The maximum Gasteiger partial charge on any atom is 0.323 e. The number of urea groups is 1. The summed E-state index contributed by atoms with van der Waals surface area (Å²) in [7, 11) is 0. The van der Waals surface area contributed by atoms with Gasteiger partial charge >= 0.3 is 6.03 Å². The maximum absolute atomic E-state index is 15.3. The molecule has 0 aliphatic heterocycles. The lowest BCUT2D eigenvalue weighted by molar-refractivity contribution is 0.262. The molecule has 0 radical (unpaired) electrons. The molecule has 0 spiro atoms. The highest BCUT2D eigenvalue weighted by Crippen LogP contribution is 2.40. The molecule has 6 nitrogen and oxygen atoms in total. The van der Waals surface area contributed by atoms with E-state index in [1.165, 1.54) is 17.4 Å². The van der Waals surface area contributed by atoms with Crippen LogP contribution in [-0.2, 0) is 0 Å². The van der Waals surface area contributed by atoms with Crippen LogP contribution in [0.3, 0.4) is 0 Å². The number of carbonyl (C=O) groups is 1. The van der Waals surface area contributed by atoms with Gasteiger partial charge in [-0.2, -0.15) is 0 Å². The van der Waals surface area contributed by atoms with Gasteiger partial charge in [-0.1, -0.05) is 41.2 Å². The van der Waals surface area contributed by atoms with Crippen molar-refractivity contribution >= 4 is 33.9 Å². The van der Waals surface area contributed by atoms with Crippen molar-refractivity contribution < 1.29 is 9.18 Å². The van der Waals surface area contributed by atoms with Crippen LogP contribution >= 0.6 is 11.3 Å². The Hall–Kier alpha value is -3.78. The van der Waals surface area contributed by atoms with Crippen LogP contribution in [0.5, 0.6) is 0 Å². The molecule has 4 N–H and O–H groups in total. The van der Waals surface area contributed by atoms with E-state index in [1.807, 2.05) is 19.1 Å². The van der Waals surface area contributed by atoms with Gasteiger partial charge in [-0.3, -0.25) is 4.98 Å². The molecule has 0 aliphatic rings. The molecular weight excluding hydrogens is 401 g/mol. The third-order valence-corrected chi connectivity index (χ3v) is 5.32. The van der Waals surface area contributed by atoms with Gasteiger partial charge in [0.15, 0.2) is 10.9 Å². The van der Waals surface area contributed by atoms with E-state index in [0.29, 0.717) is 27.0 Å². The highest BCUT2D eigenvalue weighted by molar-refractivity contribution is 7.19. The van der Waals surface area contributed by atoms with Crippen molar-refractivity contribution in [1.29, 1.82) is 0 Å². The van der Waals surface area contributed by atoms with Gasteiger partial charge in [0.25, 0.3) is 0 Å². The van der Waals surface area contributed by atoms with Gasteiger partial charge in [-0.05, 0) is 37.3 Å². The molecule has 2 aromatic heterocycles.